The number of hydrogen-bond donors (Lipinski definition) is 1. The second-order valence-corrected chi connectivity index (χ2v) is 4.85. The van der Waals surface area contributed by atoms with Gasteiger partial charge in [-0.2, -0.15) is 0 Å². The molecule has 0 aromatic heterocycles. The van der Waals surface area contributed by atoms with Crippen molar-refractivity contribution in [1.82, 2.24) is 4.90 Å². The number of aliphatic hydroxyl groups is 1. The quantitative estimate of drug-likeness (QED) is 0.884. The summed E-state index contributed by atoms with van der Waals surface area (Å²) in [5.41, 5.74) is 0.633. The number of amides is 1. The van der Waals surface area contributed by atoms with Gasteiger partial charge in [-0.3, -0.25) is 4.79 Å². The van der Waals surface area contributed by atoms with Gasteiger partial charge in [-0.05, 0) is 37.5 Å². The number of carbonyl (C=O) groups excluding carboxylic acids is 1. The maximum absolute atomic E-state index is 12.4. The van der Waals surface area contributed by atoms with E-state index in [0.29, 0.717) is 12.2 Å². The van der Waals surface area contributed by atoms with E-state index < -0.39 is 0 Å². The summed E-state index contributed by atoms with van der Waals surface area (Å²) < 4.78 is 5.54. The van der Waals surface area contributed by atoms with Gasteiger partial charge in [0.15, 0.2) is 0 Å². The highest BCUT2D eigenvalue weighted by molar-refractivity contribution is 5.95. The van der Waals surface area contributed by atoms with E-state index in [-0.39, 0.29) is 18.6 Å². The second kappa shape index (κ2) is 6.57. The minimum atomic E-state index is -0.0345. The van der Waals surface area contributed by atoms with E-state index in [9.17, 15) is 9.90 Å². The average Bonchev–Trinajstić information content (AvgIpc) is 2.93. The van der Waals surface area contributed by atoms with Crippen molar-refractivity contribution >= 4 is 5.91 Å². The Morgan fingerprint density at radius 1 is 1.53 bits per heavy atom. The van der Waals surface area contributed by atoms with Gasteiger partial charge in [0.2, 0.25) is 0 Å². The van der Waals surface area contributed by atoms with Gasteiger partial charge in [0, 0.05) is 12.1 Å². The van der Waals surface area contributed by atoms with Gasteiger partial charge in [-0.25, -0.2) is 0 Å². The Kier molecular flexibility index (Phi) is 4.80. The molecule has 0 radical (unpaired) electrons. The van der Waals surface area contributed by atoms with E-state index in [1.165, 1.54) is 0 Å². The zero-order valence-corrected chi connectivity index (χ0v) is 11.3. The molecular weight excluding hydrogens is 242 g/mol. The molecule has 1 amide bonds. The van der Waals surface area contributed by atoms with Crippen molar-refractivity contribution < 1.29 is 14.6 Å². The van der Waals surface area contributed by atoms with E-state index >= 15 is 0 Å². The lowest BCUT2D eigenvalue weighted by Crippen LogP contribution is -2.37. The normalized spacial score (nSPS) is 18.6. The molecule has 1 aromatic rings. The number of carbonyl (C=O) groups is 1. The van der Waals surface area contributed by atoms with Gasteiger partial charge in [0.05, 0.1) is 19.3 Å². The number of likely N-dealkylation sites (tertiary alicyclic amines) is 1. The van der Waals surface area contributed by atoms with Crippen molar-refractivity contribution in [1.29, 1.82) is 0 Å². The van der Waals surface area contributed by atoms with Gasteiger partial charge in [-0.1, -0.05) is 13.0 Å². The highest BCUT2D eigenvalue weighted by Crippen LogP contribution is 2.21. The molecule has 4 heteroatoms. The third kappa shape index (κ3) is 3.26. The van der Waals surface area contributed by atoms with Crippen LogP contribution in [0.1, 0.15) is 36.5 Å². The number of ether oxygens (including phenoxy) is 1. The molecule has 0 bridgehead atoms. The van der Waals surface area contributed by atoms with E-state index in [2.05, 4.69) is 0 Å². The van der Waals surface area contributed by atoms with Crippen LogP contribution in [0.2, 0.25) is 0 Å². The summed E-state index contributed by atoms with van der Waals surface area (Å²) in [4.78, 5) is 14.2. The first-order valence-corrected chi connectivity index (χ1v) is 6.91. The Morgan fingerprint density at radius 2 is 2.37 bits per heavy atom. The maximum Gasteiger partial charge on any atom is 0.254 e. The number of nitrogens with zero attached hydrogens (tertiary/aromatic N) is 1. The standard InChI is InChI=1S/C15H21NO3/c1-2-9-19-14-7-3-5-12(10-14)15(18)16-8-4-6-13(16)11-17/h3,5,7,10,13,17H,2,4,6,8-9,11H2,1H3/t13-/m1/s1. The van der Waals surface area contributed by atoms with Crippen LogP contribution in [-0.4, -0.2) is 41.7 Å². The summed E-state index contributed by atoms with van der Waals surface area (Å²) in [7, 11) is 0. The van der Waals surface area contributed by atoms with Crippen LogP contribution in [0.4, 0.5) is 0 Å². The molecular formula is C15H21NO3. The first kappa shape index (κ1) is 13.9. The molecule has 1 fully saturated rings. The van der Waals surface area contributed by atoms with Crippen molar-refractivity contribution in [3.63, 3.8) is 0 Å². The minimum Gasteiger partial charge on any atom is -0.494 e. The molecule has 4 nitrogen and oxygen atoms in total. The fourth-order valence-electron chi connectivity index (χ4n) is 2.40. The summed E-state index contributed by atoms with van der Waals surface area (Å²) in [6.07, 6.45) is 2.79. The van der Waals surface area contributed by atoms with Crippen LogP contribution in [0.3, 0.4) is 0 Å². The van der Waals surface area contributed by atoms with Crippen LogP contribution >= 0.6 is 0 Å². The fraction of sp³-hybridized carbons (Fsp3) is 0.533. The fourth-order valence-corrected chi connectivity index (χ4v) is 2.40. The van der Waals surface area contributed by atoms with E-state index in [4.69, 9.17) is 4.74 Å². The maximum atomic E-state index is 12.4. The Balaban J connectivity index is 2.10. The highest BCUT2D eigenvalue weighted by Gasteiger charge is 2.28. The summed E-state index contributed by atoms with van der Waals surface area (Å²) in [6.45, 7) is 3.47. The van der Waals surface area contributed by atoms with Gasteiger partial charge in [0.1, 0.15) is 5.75 Å². The van der Waals surface area contributed by atoms with Gasteiger partial charge in [-0.15, -0.1) is 0 Å². The molecule has 1 N–H and O–H groups in total. The van der Waals surface area contributed by atoms with Crippen LogP contribution in [-0.2, 0) is 0 Å². The van der Waals surface area contributed by atoms with Gasteiger partial charge < -0.3 is 14.7 Å². The van der Waals surface area contributed by atoms with Crippen LogP contribution in [0.25, 0.3) is 0 Å². The first-order chi connectivity index (χ1) is 9.26. The lowest BCUT2D eigenvalue weighted by molar-refractivity contribution is 0.0677. The third-order valence-corrected chi connectivity index (χ3v) is 3.40. The SMILES string of the molecule is CCCOc1cccc(C(=O)N2CCC[C@@H]2CO)c1. The molecule has 1 saturated heterocycles. The van der Waals surface area contributed by atoms with E-state index in [0.717, 1.165) is 31.6 Å². The van der Waals surface area contributed by atoms with Crippen LogP contribution in [0, 0.1) is 0 Å². The average molecular weight is 263 g/mol. The van der Waals surface area contributed by atoms with Gasteiger partial charge >= 0.3 is 0 Å². The molecule has 19 heavy (non-hydrogen) atoms. The monoisotopic (exact) mass is 263 g/mol. The molecule has 1 atom stereocenters. The molecule has 104 valence electrons. The Morgan fingerprint density at radius 3 is 3.11 bits per heavy atom. The summed E-state index contributed by atoms with van der Waals surface area (Å²) in [5.74, 6) is 0.714. The Bertz CT molecular complexity index is 433. The van der Waals surface area contributed by atoms with Gasteiger partial charge in [0.25, 0.3) is 5.91 Å². The van der Waals surface area contributed by atoms with E-state index in [1.807, 2.05) is 19.1 Å². The van der Waals surface area contributed by atoms with Crippen LogP contribution in [0.5, 0.6) is 5.75 Å². The topological polar surface area (TPSA) is 49.8 Å². The summed E-state index contributed by atoms with van der Waals surface area (Å²) in [5, 5.41) is 9.28. The number of hydrogen-bond acceptors (Lipinski definition) is 3. The zero-order valence-electron chi connectivity index (χ0n) is 11.3. The summed E-state index contributed by atoms with van der Waals surface area (Å²) >= 11 is 0. The Labute approximate surface area is 114 Å². The molecule has 1 heterocycles. The number of aliphatic hydroxyl groups excluding tert-OH is 1. The van der Waals surface area contributed by atoms with Crippen molar-refractivity contribution in [2.45, 2.75) is 32.2 Å². The van der Waals surface area contributed by atoms with Crippen molar-refractivity contribution in [2.75, 3.05) is 19.8 Å². The molecule has 1 aliphatic rings. The second-order valence-electron chi connectivity index (χ2n) is 4.85. The molecule has 2 rings (SSSR count). The third-order valence-electron chi connectivity index (χ3n) is 3.40. The van der Waals surface area contributed by atoms with Crippen molar-refractivity contribution in [2.24, 2.45) is 0 Å². The number of rotatable bonds is 5. The molecule has 0 unspecified atom stereocenters. The number of benzene rings is 1. The summed E-state index contributed by atoms with van der Waals surface area (Å²) in [6, 6.07) is 7.24. The predicted octanol–water partition coefficient (Wildman–Crippen LogP) is 2.07. The van der Waals surface area contributed by atoms with Crippen LogP contribution in [0.15, 0.2) is 24.3 Å². The molecule has 1 aliphatic heterocycles. The molecule has 0 aliphatic carbocycles. The minimum absolute atomic E-state index is 0.0153. The zero-order chi connectivity index (χ0) is 13.7. The lowest BCUT2D eigenvalue weighted by atomic mass is 10.1. The first-order valence-electron chi connectivity index (χ1n) is 6.91. The smallest absolute Gasteiger partial charge is 0.254 e. The largest absolute Gasteiger partial charge is 0.494 e. The lowest BCUT2D eigenvalue weighted by Gasteiger charge is -2.23. The Hall–Kier alpha value is -1.55. The molecule has 0 saturated carbocycles. The van der Waals surface area contributed by atoms with Crippen molar-refractivity contribution in [3.8, 4) is 5.75 Å². The van der Waals surface area contributed by atoms with Crippen molar-refractivity contribution in [3.05, 3.63) is 29.8 Å². The van der Waals surface area contributed by atoms with Crippen LogP contribution < -0.4 is 4.74 Å². The highest BCUT2D eigenvalue weighted by atomic mass is 16.5. The predicted molar refractivity (Wildman–Crippen MR) is 73.4 cm³/mol. The molecule has 0 spiro atoms. The molecule has 1 aromatic carbocycles. The van der Waals surface area contributed by atoms with E-state index in [1.54, 1.807) is 17.0 Å².